The quantitative estimate of drug-likeness (QED) is 0.699. The van der Waals surface area contributed by atoms with Crippen LogP contribution < -0.4 is 10.1 Å². The van der Waals surface area contributed by atoms with Gasteiger partial charge in [-0.05, 0) is 31.9 Å². The van der Waals surface area contributed by atoms with Crippen molar-refractivity contribution in [2.24, 2.45) is 11.8 Å². The summed E-state index contributed by atoms with van der Waals surface area (Å²) in [5.41, 5.74) is 0.973. The lowest BCUT2D eigenvalue weighted by atomic mass is 9.99. The van der Waals surface area contributed by atoms with Gasteiger partial charge in [-0.25, -0.2) is 0 Å². The Labute approximate surface area is 208 Å². The number of benzene rings is 1. The van der Waals surface area contributed by atoms with E-state index in [1.165, 1.54) is 0 Å². The average Bonchev–Trinajstić information content (AvgIpc) is 2.87. The second-order valence-corrected chi connectivity index (χ2v) is 9.58. The summed E-state index contributed by atoms with van der Waals surface area (Å²) in [5.74, 6) is 0.1000. The molecule has 3 atom stereocenters. The summed E-state index contributed by atoms with van der Waals surface area (Å²) in [6, 6.07) is 4.90. The topological polar surface area (TPSA) is 97.4 Å². The number of rotatable bonds is 4. The number of anilines is 1. The third-order valence-electron chi connectivity index (χ3n) is 6.93. The van der Waals surface area contributed by atoms with Crippen LogP contribution in [0.1, 0.15) is 50.4 Å². The van der Waals surface area contributed by atoms with Crippen LogP contribution in [0.3, 0.4) is 0 Å². The van der Waals surface area contributed by atoms with Gasteiger partial charge >= 0.3 is 0 Å². The Kier molecular flexibility index (Phi) is 9.51. The summed E-state index contributed by atoms with van der Waals surface area (Å²) in [5, 5.41) is 2.96. The van der Waals surface area contributed by atoms with Crippen molar-refractivity contribution >= 4 is 23.4 Å². The van der Waals surface area contributed by atoms with Gasteiger partial charge in [0, 0.05) is 70.5 Å². The summed E-state index contributed by atoms with van der Waals surface area (Å²) in [6.45, 7) is 8.08. The molecule has 1 N–H and O–H groups in total. The van der Waals surface area contributed by atoms with Gasteiger partial charge in [-0.1, -0.05) is 13.8 Å². The van der Waals surface area contributed by atoms with Crippen LogP contribution in [-0.2, 0) is 19.1 Å². The van der Waals surface area contributed by atoms with Gasteiger partial charge in [0.1, 0.15) is 12.4 Å². The predicted octanol–water partition coefficient (Wildman–Crippen LogP) is 2.79. The minimum atomic E-state index is -0.231. The second-order valence-electron chi connectivity index (χ2n) is 9.58. The lowest BCUT2D eigenvalue weighted by Crippen LogP contribution is -2.48. The molecule has 1 aromatic carbocycles. The van der Waals surface area contributed by atoms with Crippen LogP contribution in [0, 0.1) is 11.8 Å². The van der Waals surface area contributed by atoms with Crippen molar-refractivity contribution in [3.63, 3.8) is 0 Å². The van der Waals surface area contributed by atoms with E-state index in [0.717, 1.165) is 0 Å². The van der Waals surface area contributed by atoms with Gasteiger partial charge in [-0.3, -0.25) is 14.4 Å². The molecule has 0 aromatic heterocycles. The Hall–Kier alpha value is -2.65. The Morgan fingerprint density at radius 3 is 2.54 bits per heavy atom. The highest BCUT2D eigenvalue weighted by Gasteiger charge is 2.30. The number of methoxy groups -OCH3 is 1. The van der Waals surface area contributed by atoms with Crippen LogP contribution in [0.4, 0.5) is 5.69 Å². The Balaban J connectivity index is 1.89. The molecule has 3 rings (SSSR count). The summed E-state index contributed by atoms with van der Waals surface area (Å²) in [4.78, 5) is 42.2. The van der Waals surface area contributed by atoms with E-state index in [1.807, 2.05) is 25.7 Å². The lowest BCUT2D eigenvalue weighted by molar-refractivity contribution is -0.135. The first-order valence-corrected chi connectivity index (χ1v) is 12.5. The molecule has 0 radical (unpaired) electrons. The molecule has 35 heavy (non-hydrogen) atoms. The summed E-state index contributed by atoms with van der Waals surface area (Å²) in [7, 11) is 3.36. The maximum absolute atomic E-state index is 13.3. The van der Waals surface area contributed by atoms with Crippen molar-refractivity contribution in [2.45, 2.75) is 52.2 Å². The zero-order valence-corrected chi connectivity index (χ0v) is 21.5. The van der Waals surface area contributed by atoms with Gasteiger partial charge in [0.2, 0.25) is 11.8 Å². The summed E-state index contributed by atoms with van der Waals surface area (Å²) < 4.78 is 17.2. The first-order valence-electron chi connectivity index (χ1n) is 12.5. The largest absolute Gasteiger partial charge is 0.491 e. The minimum absolute atomic E-state index is 0.0230. The molecular weight excluding hydrogens is 450 g/mol. The van der Waals surface area contributed by atoms with Crippen molar-refractivity contribution in [3.8, 4) is 5.75 Å². The molecule has 2 aliphatic heterocycles. The van der Waals surface area contributed by atoms with Crippen LogP contribution in [0.5, 0.6) is 5.75 Å². The second kappa shape index (κ2) is 12.4. The predicted molar refractivity (Wildman–Crippen MR) is 132 cm³/mol. The molecule has 9 nitrogen and oxygen atoms in total. The first-order chi connectivity index (χ1) is 16.7. The molecule has 2 aliphatic rings. The van der Waals surface area contributed by atoms with E-state index in [9.17, 15) is 14.4 Å². The van der Waals surface area contributed by atoms with Gasteiger partial charge in [0.05, 0.1) is 17.7 Å². The molecule has 1 fully saturated rings. The number of carbonyl (C=O) groups excluding carboxylic acids is 3. The highest BCUT2D eigenvalue weighted by atomic mass is 16.5. The molecule has 194 valence electrons. The van der Waals surface area contributed by atoms with Crippen LogP contribution in [-0.4, -0.2) is 86.7 Å². The number of likely N-dealkylation sites (N-methyl/N-ethyl adjacent to an activating group) is 1. The highest BCUT2D eigenvalue weighted by molar-refractivity contribution is 5.98. The smallest absolute Gasteiger partial charge is 0.257 e. The number of amides is 3. The zero-order chi connectivity index (χ0) is 25.5. The molecule has 0 unspecified atom stereocenters. The molecule has 0 spiro atoms. The van der Waals surface area contributed by atoms with Crippen molar-refractivity contribution in [2.75, 3.05) is 52.4 Å². The number of hydrogen-bond acceptors (Lipinski definition) is 6. The van der Waals surface area contributed by atoms with Crippen LogP contribution in [0.25, 0.3) is 0 Å². The fourth-order valence-corrected chi connectivity index (χ4v) is 4.60. The molecule has 2 heterocycles. The Morgan fingerprint density at radius 2 is 1.89 bits per heavy atom. The molecule has 0 saturated carbocycles. The third-order valence-corrected chi connectivity index (χ3v) is 6.93. The van der Waals surface area contributed by atoms with E-state index in [4.69, 9.17) is 14.2 Å². The molecule has 1 saturated heterocycles. The fourth-order valence-electron chi connectivity index (χ4n) is 4.60. The maximum Gasteiger partial charge on any atom is 0.257 e. The summed E-state index contributed by atoms with van der Waals surface area (Å²) >= 11 is 0. The monoisotopic (exact) mass is 489 g/mol. The average molecular weight is 490 g/mol. The highest BCUT2D eigenvalue weighted by Crippen LogP contribution is 2.28. The van der Waals surface area contributed by atoms with Crippen molar-refractivity contribution in [3.05, 3.63) is 23.8 Å². The Bertz CT molecular complexity index is 901. The van der Waals surface area contributed by atoms with Gasteiger partial charge in [-0.2, -0.15) is 0 Å². The minimum Gasteiger partial charge on any atom is -0.491 e. The van der Waals surface area contributed by atoms with E-state index in [-0.39, 0.29) is 48.3 Å². The van der Waals surface area contributed by atoms with Gasteiger partial charge in [0.25, 0.3) is 5.91 Å². The van der Waals surface area contributed by atoms with E-state index in [1.54, 1.807) is 37.3 Å². The number of hydrogen-bond donors (Lipinski definition) is 1. The lowest BCUT2D eigenvalue weighted by Gasteiger charge is -2.36. The number of carbonyl (C=O) groups is 3. The summed E-state index contributed by atoms with van der Waals surface area (Å²) in [6.07, 6.45) is 1.54. The number of ether oxygens (including phenoxy) is 3. The van der Waals surface area contributed by atoms with E-state index < -0.39 is 0 Å². The van der Waals surface area contributed by atoms with Crippen molar-refractivity contribution in [1.29, 1.82) is 0 Å². The fraction of sp³-hybridized carbons (Fsp3) is 0.654. The standard InChI is InChI=1S/C26H39N3O6/c1-6-24(30)29-14-17(2)23(33-5)15-28(4)26(32)21-8-7-20(13-22(21)35-16-18(29)3)27-25(31)19-9-11-34-12-10-19/h7-8,13,17-19,23H,6,9-12,14-16H2,1-5H3,(H,27,31)/t17-,18+,23-/m1/s1. The van der Waals surface area contributed by atoms with Gasteiger partial charge < -0.3 is 29.3 Å². The molecule has 3 amide bonds. The maximum atomic E-state index is 13.3. The van der Waals surface area contributed by atoms with Gasteiger partial charge in [0.15, 0.2) is 0 Å². The van der Waals surface area contributed by atoms with Crippen molar-refractivity contribution in [1.82, 2.24) is 9.80 Å². The van der Waals surface area contributed by atoms with E-state index in [0.29, 0.717) is 62.6 Å². The zero-order valence-electron chi connectivity index (χ0n) is 21.5. The first kappa shape index (κ1) is 26.9. The van der Waals surface area contributed by atoms with E-state index in [2.05, 4.69) is 5.32 Å². The number of nitrogens with one attached hydrogen (secondary N) is 1. The SMILES string of the molecule is CCC(=O)N1C[C@@H](C)[C@H](OC)CN(C)C(=O)c2ccc(NC(=O)C3CCOCC3)cc2OC[C@@H]1C. The molecule has 0 bridgehead atoms. The molecule has 0 aliphatic carbocycles. The molecular formula is C26H39N3O6. The molecule has 1 aromatic rings. The third kappa shape index (κ3) is 6.73. The van der Waals surface area contributed by atoms with Gasteiger partial charge in [-0.15, -0.1) is 0 Å². The van der Waals surface area contributed by atoms with E-state index >= 15 is 0 Å². The normalized spacial score (nSPS) is 24.6. The van der Waals surface area contributed by atoms with Crippen molar-refractivity contribution < 1.29 is 28.6 Å². The number of fused-ring (bicyclic) bond motifs is 1. The van der Waals surface area contributed by atoms with Crippen LogP contribution in [0.2, 0.25) is 0 Å². The molecule has 9 heteroatoms. The van der Waals surface area contributed by atoms with Crippen LogP contribution in [0.15, 0.2) is 18.2 Å². The Morgan fingerprint density at radius 1 is 1.17 bits per heavy atom. The number of nitrogens with zero attached hydrogens (tertiary/aromatic N) is 2. The van der Waals surface area contributed by atoms with Crippen LogP contribution >= 0.6 is 0 Å².